The van der Waals surface area contributed by atoms with Gasteiger partial charge in [0.2, 0.25) is 11.8 Å². The van der Waals surface area contributed by atoms with Crippen LogP contribution in [0.15, 0.2) is 48.5 Å². The first kappa shape index (κ1) is 22.5. The van der Waals surface area contributed by atoms with Crippen LogP contribution in [-0.4, -0.2) is 36.9 Å². The molecule has 5 heteroatoms. The van der Waals surface area contributed by atoms with Crippen molar-refractivity contribution in [2.24, 2.45) is 0 Å². The van der Waals surface area contributed by atoms with Gasteiger partial charge in [0.05, 0.1) is 7.11 Å². The van der Waals surface area contributed by atoms with Crippen LogP contribution in [0.25, 0.3) is 0 Å². The molecule has 0 saturated heterocycles. The van der Waals surface area contributed by atoms with E-state index in [1.54, 1.807) is 18.9 Å². The Morgan fingerprint density at radius 3 is 2.41 bits per heavy atom. The molecule has 0 aliphatic rings. The standard InChI is InChI=1S/C24H32N2O3/c1-18(27)26(15-13-19-9-8-10-20(17-19)29-5)16-14-23(28)25-22-12-7-6-11-21(22)24(2,3)4/h6-12,17H,13-16H2,1-5H3,(H,25,28). The van der Waals surface area contributed by atoms with E-state index in [-0.39, 0.29) is 23.7 Å². The SMILES string of the molecule is COc1cccc(CCN(CCC(=O)Nc2ccccc2C(C)(C)C)C(C)=O)c1. The minimum Gasteiger partial charge on any atom is -0.497 e. The smallest absolute Gasteiger partial charge is 0.226 e. The van der Waals surface area contributed by atoms with E-state index in [2.05, 4.69) is 26.1 Å². The lowest BCUT2D eigenvalue weighted by atomic mass is 9.86. The fourth-order valence-corrected chi connectivity index (χ4v) is 3.21. The van der Waals surface area contributed by atoms with Crippen molar-refractivity contribution in [1.29, 1.82) is 0 Å². The van der Waals surface area contributed by atoms with Crippen molar-refractivity contribution >= 4 is 17.5 Å². The molecule has 0 bridgehead atoms. The maximum Gasteiger partial charge on any atom is 0.226 e. The second-order valence-electron chi connectivity index (χ2n) is 8.20. The lowest BCUT2D eigenvalue weighted by Gasteiger charge is -2.24. The molecule has 0 aliphatic carbocycles. The Morgan fingerprint density at radius 1 is 1.03 bits per heavy atom. The Balaban J connectivity index is 1.93. The predicted molar refractivity (Wildman–Crippen MR) is 117 cm³/mol. The summed E-state index contributed by atoms with van der Waals surface area (Å²) >= 11 is 0. The maximum absolute atomic E-state index is 12.5. The summed E-state index contributed by atoms with van der Waals surface area (Å²) in [4.78, 5) is 26.2. The van der Waals surface area contributed by atoms with Crippen molar-refractivity contribution in [3.8, 4) is 5.75 Å². The number of methoxy groups -OCH3 is 1. The van der Waals surface area contributed by atoms with E-state index in [0.717, 1.165) is 22.6 Å². The Morgan fingerprint density at radius 2 is 1.76 bits per heavy atom. The van der Waals surface area contributed by atoms with Crippen molar-refractivity contribution in [3.05, 3.63) is 59.7 Å². The van der Waals surface area contributed by atoms with E-state index in [4.69, 9.17) is 4.74 Å². The number of hydrogen-bond donors (Lipinski definition) is 1. The third-order valence-corrected chi connectivity index (χ3v) is 4.87. The highest BCUT2D eigenvalue weighted by Gasteiger charge is 2.19. The molecule has 2 aromatic carbocycles. The molecule has 156 valence electrons. The molecule has 0 atom stereocenters. The highest BCUT2D eigenvalue weighted by atomic mass is 16.5. The van der Waals surface area contributed by atoms with E-state index in [1.165, 1.54) is 0 Å². The minimum atomic E-state index is -0.0886. The number of hydrogen-bond acceptors (Lipinski definition) is 3. The van der Waals surface area contributed by atoms with Gasteiger partial charge in [-0.25, -0.2) is 0 Å². The first-order valence-corrected chi connectivity index (χ1v) is 9.98. The summed E-state index contributed by atoms with van der Waals surface area (Å²) in [5, 5.41) is 3.01. The van der Waals surface area contributed by atoms with E-state index in [0.29, 0.717) is 19.5 Å². The second-order valence-corrected chi connectivity index (χ2v) is 8.20. The lowest BCUT2D eigenvalue weighted by Crippen LogP contribution is -2.34. The van der Waals surface area contributed by atoms with Gasteiger partial charge < -0.3 is 15.0 Å². The lowest BCUT2D eigenvalue weighted by molar-refractivity contribution is -0.129. The van der Waals surface area contributed by atoms with Gasteiger partial charge >= 0.3 is 0 Å². The zero-order valence-electron chi connectivity index (χ0n) is 18.1. The van der Waals surface area contributed by atoms with Gasteiger partial charge in [0, 0.05) is 32.1 Å². The maximum atomic E-state index is 12.5. The van der Waals surface area contributed by atoms with Crippen molar-refractivity contribution < 1.29 is 14.3 Å². The zero-order chi connectivity index (χ0) is 21.4. The summed E-state index contributed by atoms with van der Waals surface area (Å²) in [7, 11) is 1.64. The summed E-state index contributed by atoms with van der Waals surface area (Å²) in [6.07, 6.45) is 0.974. The van der Waals surface area contributed by atoms with Crippen molar-refractivity contribution in [2.45, 2.75) is 46.0 Å². The topological polar surface area (TPSA) is 58.6 Å². The normalized spacial score (nSPS) is 11.1. The highest BCUT2D eigenvalue weighted by molar-refractivity contribution is 5.92. The molecular formula is C24H32N2O3. The van der Waals surface area contributed by atoms with E-state index in [1.807, 2.05) is 48.5 Å². The molecule has 0 radical (unpaired) electrons. The van der Waals surface area contributed by atoms with Crippen LogP contribution in [0.4, 0.5) is 5.69 Å². The molecular weight excluding hydrogens is 364 g/mol. The number of rotatable bonds is 8. The number of benzene rings is 2. The quantitative estimate of drug-likeness (QED) is 0.719. The number of nitrogens with zero attached hydrogens (tertiary/aromatic N) is 1. The Labute approximate surface area is 174 Å². The highest BCUT2D eigenvalue weighted by Crippen LogP contribution is 2.29. The number of nitrogens with one attached hydrogen (secondary N) is 1. The van der Waals surface area contributed by atoms with Crippen molar-refractivity contribution in [1.82, 2.24) is 4.90 Å². The Hall–Kier alpha value is -2.82. The Kier molecular flexibility index (Phi) is 7.82. The van der Waals surface area contributed by atoms with E-state index < -0.39 is 0 Å². The third-order valence-electron chi connectivity index (χ3n) is 4.87. The van der Waals surface area contributed by atoms with E-state index in [9.17, 15) is 9.59 Å². The first-order valence-electron chi connectivity index (χ1n) is 9.98. The molecule has 0 spiro atoms. The molecule has 2 aromatic rings. The van der Waals surface area contributed by atoms with Gasteiger partial charge in [-0.05, 0) is 41.2 Å². The van der Waals surface area contributed by atoms with Crippen molar-refractivity contribution in [2.75, 3.05) is 25.5 Å². The molecule has 0 heterocycles. The van der Waals surface area contributed by atoms with Crippen LogP contribution in [0.1, 0.15) is 45.2 Å². The van der Waals surface area contributed by atoms with Crippen LogP contribution in [0, 0.1) is 0 Å². The van der Waals surface area contributed by atoms with Gasteiger partial charge in [-0.1, -0.05) is 51.1 Å². The van der Waals surface area contributed by atoms with Gasteiger partial charge in [-0.3, -0.25) is 9.59 Å². The largest absolute Gasteiger partial charge is 0.497 e. The number of anilines is 1. The molecule has 1 N–H and O–H groups in total. The summed E-state index contributed by atoms with van der Waals surface area (Å²) < 4.78 is 5.24. The first-order chi connectivity index (χ1) is 13.7. The van der Waals surface area contributed by atoms with Crippen LogP contribution >= 0.6 is 0 Å². The summed E-state index contributed by atoms with van der Waals surface area (Å²) in [5.41, 5.74) is 2.95. The van der Waals surface area contributed by atoms with Crippen LogP contribution in [-0.2, 0) is 21.4 Å². The minimum absolute atomic E-state index is 0.0317. The molecule has 0 fully saturated rings. The summed E-state index contributed by atoms with van der Waals surface area (Å²) in [6, 6.07) is 15.7. The number of carbonyl (C=O) groups is 2. The zero-order valence-corrected chi connectivity index (χ0v) is 18.1. The molecule has 0 aromatic heterocycles. The molecule has 0 unspecified atom stereocenters. The number of amides is 2. The number of carbonyl (C=O) groups excluding carboxylic acids is 2. The third kappa shape index (κ3) is 6.93. The number of para-hydroxylation sites is 1. The van der Waals surface area contributed by atoms with Gasteiger partial charge in [-0.2, -0.15) is 0 Å². The molecule has 29 heavy (non-hydrogen) atoms. The van der Waals surface area contributed by atoms with Gasteiger partial charge in [-0.15, -0.1) is 0 Å². The van der Waals surface area contributed by atoms with Crippen LogP contribution in [0.5, 0.6) is 5.75 Å². The predicted octanol–water partition coefficient (Wildman–Crippen LogP) is 4.41. The monoisotopic (exact) mass is 396 g/mol. The average Bonchev–Trinajstić information content (AvgIpc) is 2.67. The fourth-order valence-electron chi connectivity index (χ4n) is 3.21. The molecule has 2 amide bonds. The summed E-state index contributed by atoms with van der Waals surface area (Å²) in [6.45, 7) is 8.85. The van der Waals surface area contributed by atoms with Crippen LogP contribution in [0.2, 0.25) is 0 Å². The molecule has 2 rings (SSSR count). The average molecular weight is 397 g/mol. The van der Waals surface area contributed by atoms with Crippen molar-refractivity contribution in [3.63, 3.8) is 0 Å². The van der Waals surface area contributed by atoms with Gasteiger partial charge in [0.15, 0.2) is 0 Å². The second kappa shape index (κ2) is 10.1. The fraction of sp³-hybridized carbons (Fsp3) is 0.417. The molecule has 0 saturated carbocycles. The molecule has 0 aliphatic heterocycles. The van der Waals surface area contributed by atoms with Gasteiger partial charge in [0.25, 0.3) is 0 Å². The summed E-state index contributed by atoms with van der Waals surface area (Å²) in [5.74, 6) is 0.680. The number of ether oxygens (including phenoxy) is 1. The van der Waals surface area contributed by atoms with Crippen LogP contribution in [0.3, 0.4) is 0 Å². The Bertz CT molecular complexity index is 840. The van der Waals surface area contributed by atoms with Crippen LogP contribution < -0.4 is 10.1 Å². The molecule has 5 nitrogen and oxygen atoms in total. The van der Waals surface area contributed by atoms with E-state index >= 15 is 0 Å². The van der Waals surface area contributed by atoms with Gasteiger partial charge in [0.1, 0.15) is 5.75 Å².